The summed E-state index contributed by atoms with van der Waals surface area (Å²) in [5, 5.41) is 3.33. The van der Waals surface area contributed by atoms with E-state index in [4.69, 9.17) is 0 Å². The molecule has 0 aliphatic carbocycles. The molecular weight excluding hydrogens is 127 g/mol. The van der Waals surface area contributed by atoms with Crippen LogP contribution >= 0.6 is 0 Å². The van der Waals surface area contributed by atoms with Gasteiger partial charge in [0.15, 0.2) is 0 Å². The highest BCUT2D eigenvalue weighted by Gasteiger charge is 2.12. The minimum absolute atomic E-state index is 0.788. The van der Waals surface area contributed by atoms with E-state index >= 15 is 0 Å². The highest BCUT2D eigenvalue weighted by Crippen LogP contribution is 2.06. The first kappa shape index (κ1) is 7.56. The van der Waals surface area contributed by atoms with Crippen molar-refractivity contribution in [3.8, 4) is 0 Å². The molecule has 0 amide bonds. The van der Waals surface area contributed by atoms with E-state index in [9.17, 15) is 0 Å². The van der Waals surface area contributed by atoms with E-state index in [1.165, 1.54) is 25.9 Å². The zero-order chi connectivity index (χ0) is 6.69. The van der Waals surface area contributed by atoms with Crippen molar-refractivity contribution in [3.05, 3.63) is 0 Å². The molecule has 0 atom stereocenters. The Bertz CT molecular complexity index is 79.1. The molecule has 2 nitrogen and oxygen atoms in total. The van der Waals surface area contributed by atoms with Crippen molar-refractivity contribution in [1.82, 2.24) is 9.20 Å². The van der Waals surface area contributed by atoms with Crippen LogP contribution in [0.2, 0.25) is 0 Å². The summed E-state index contributed by atoms with van der Waals surface area (Å²) in [5.74, 6) is 0. The van der Waals surface area contributed by atoms with E-state index in [1.54, 1.807) is 0 Å². The monoisotopic (exact) mass is 140 g/mol. The van der Waals surface area contributed by atoms with E-state index in [0.29, 0.717) is 0 Å². The molecule has 0 bridgehead atoms. The zero-order valence-corrected chi connectivity index (χ0v) is 7.09. The van der Waals surface area contributed by atoms with E-state index in [-0.39, 0.29) is 0 Å². The Balaban J connectivity index is 2.23. The van der Waals surface area contributed by atoms with Crippen molar-refractivity contribution in [3.63, 3.8) is 0 Å². The molecule has 2 radical (unpaired) electrons. The summed E-state index contributed by atoms with van der Waals surface area (Å²) in [6.45, 7) is 2.37. The predicted octanol–water partition coefficient (Wildman–Crippen LogP) is -0.246. The lowest BCUT2D eigenvalue weighted by Gasteiger charge is -2.29. The number of rotatable bonds is 1. The Morgan fingerprint density at radius 3 is 2.33 bits per heavy atom. The SMILES string of the molecule is C[N]([Al])C1CCNCC1. The van der Waals surface area contributed by atoms with Crippen LogP contribution in [0.4, 0.5) is 0 Å². The highest BCUT2D eigenvalue weighted by atomic mass is 27.1. The highest BCUT2D eigenvalue weighted by molar-refractivity contribution is 6.04. The van der Waals surface area contributed by atoms with Gasteiger partial charge in [-0.15, -0.1) is 0 Å². The Labute approximate surface area is 65.2 Å². The number of nitrogens with zero attached hydrogens (tertiary/aromatic N) is 1. The lowest BCUT2D eigenvalue weighted by atomic mass is 10.1. The summed E-state index contributed by atoms with van der Waals surface area (Å²) in [5.41, 5.74) is 0. The van der Waals surface area contributed by atoms with Crippen LogP contribution in [0.25, 0.3) is 0 Å². The van der Waals surface area contributed by atoms with Gasteiger partial charge in [0.2, 0.25) is 0 Å². The van der Waals surface area contributed by atoms with Crippen molar-refractivity contribution in [1.29, 1.82) is 0 Å². The van der Waals surface area contributed by atoms with Gasteiger partial charge < -0.3 is 9.20 Å². The van der Waals surface area contributed by atoms with Crippen molar-refractivity contribution in [2.24, 2.45) is 0 Å². The maximum atomic E-state index is 3.33. The average molecular weight is 140 g/mol. The fourth-order valence-electron chi connectivity index (χ4n) is 1.21. The van der Waals surface area contributed by atoms with Crippen molar-refractivity contribution in [2.45, 2.75) is 18.9 Å². The fraction of sp³-hybridized carbons (Fsp3) is 1.00. The van der Waals surface area contributed by atoms with Gasteiger partial charge in [-0.2, -0.15) is 0 Å². The van der Waals surface area contributed by atoms with Gasteiger partial charge in [-0.25, -0.2) is 0 Å². The molecule has 1 N–H and O–H groups in total. The van der Waals surface area contributed by atoms with Crippen LogP contribution in [0.15, 0.2) is 0 Å². The first-order valence-corrected chi connectivity index (χ1v) is 4.00. The second kappa shape index (κ2) is 3.58. The molecule has 1 fully saturated rings. The molecule has 0 aromatic heterocycles. The second-order valence-electron chi connectivity index (χ2n) is 2.65. The summed E-state index contributed by atoms with van der Waals surface area (Å²) >= 11 is 2.73. The molecule has 0 saturated carbocycles. The summed E-state index contributed by atoms with van der Waals surface area (Å²) in [4.78, 5) is 0. The summed E-state index contributed by atoms with van der Waals surface area (Å²) in [7, 11) is 2.13. The van der Waals surface area contributed by atoms with Gasteiger partial charge in [0.25, 0.3) is 16.5 Å². The smallest absolute Gasteiger partial charge is 0.255 e. The van der Waals surface area contributed by atoms with Crippen LogP contribution in [0.1, 0.15) is 12.8 Å². The molecule has 1 aliphatic heterocycles. The number of hydrogen-bond acceptors (Lipinski definition) is 2. The Hall–Kier alpha value is 0.452. The van der Waals surface area contributed by atoms with Crippen LogP contribution in [0.5, 0.6) is 0 Å². The van der Waals surface area contributed by atoms with Crippen LogP contribution < -0.4 is 5.32 Å². The fourth-order valence-corrected chi connectivity index (χ4v) is 1.51. The molecule has 1 saturated heterocycles. The Morgan fingerprint density at radius 2 is 2.00 bits per heavy atom. The molecule has 1 rings (SSSR count). The first-order chi connectivity index (χ1) is 4.30. The predicted molar refractivity (Wildman–Crippen MR) is 39.4 cm³/mol. The number of hydrogen-bond donors (Lipinski definition) is 1. The van der Waals surface area contributed by atoms with Gasteiger partial charge in [0.1, 0.15) is 0 Å². The molecule has 1 aliphatic rings. The molecular formula is C6H13AlN2. The zero-order valence-electron chi connectivity index (χ0n) is 5.93. The second-order valence-corrected chi connectivity index (χ2v) is 3.46. The maximum absolute atomic E-state index is 3.33. The molecule has 9 heavy (non-hydrogen) atoms. The van der Waals surface area contributed by atoms with Gasteiger partial charge in [-0.05, 0) is 39.0 Å². The van der Waals surface area contributed by atoms with E-state index < -0.39 is 0 Å². The van der Waals surface area contributed by atoms with Gasteiger partial charge in [-0.3, -0.25) is 0 Å². The average Bonchev–Trinajstić information content (AvgIpc) is 1.90. The lowest BCUT2D eigenvalue weighted by Crippen LogP contribution is -2.39. The molecule has 0 aromatic rings. The van der Waals surface area contributed by atoms with Crippen molar-refractivity contribution in [2.75, 3.05) is 20.1 Å². The lowest BCUT2D eigenvalue weighted by molar-refractivity contribution is 0.308. The standard InChI is InChI=1S/C6H13N2.Al/c1-7-6-2-4-8-5-3-6;/h6,8H,2-5H2,1H3;/q-1;+1. The van der Waals surface area contributed by atoms with Gasteiger partial charge >= 0.3 is 0 Å². The molecule has 50 valence electrons. The van der Waals surface area contributed by atoms with Crippen LogP contribution in [0, 0.1) is 0 Å². The number of piperidine rings is 1. The Kier molecular flexibility index (Phi) is 3.01. The third-order valence-corrected chi connectivity index (χ3v) is 2.31. The quantitative estimate of drug-likeness (QED) is 0.505. The topological polar surface area (TPSA) is 15.3 Å². The normalized spacial score (nSPS) is 22.9. The van der Waals surface area contributed by atoms with E-state index in [0.717, 1.165) is 6.04 Å². The third kappa shape index (κ3) is 2.27. The molecule has 3 heteroatoms. The van der Waals surface area contributed by atoms with Crippen molar-refractivity contribution < 1.29 is 0 Å². The summed E-state index contributed by atoms with van der Waals surface area (Å²) in [6.07, 6.45) is 2.58. The largest absolute Gasteiger partial charge is 0.402 e. The maximum Gasteiger partial charge on any atom is 0.255 e. The van der Waals surface area contributed by atoms with Crippen LogP contribution in [0.3, 0.4) is 0 Å². The summed E-state index contributed by atoms with van der Waals surface area (Å²) < 4.78 is 2.24. The van der Waals surface area contributed by atoms with Crippen LogP contribution in [-0.2, 0) is 0 Å². The van der Waals surface area contributed by atoms with Crippen molar-refractivity contribution >= 4 is 16.5 Å². The minimum Gasteiger partial charge on any atom is -0.402 e. The molecule has 0 unspecified atom stereocenters. The van der Waals surface area contributed by atoms with Gasteiger partial charge in [0, 0.05) is 0 Å². The Morgan fingerprint density at radius 1 is 1.44 bits per heavy atom. The molecule has 0 aromatic carbocycles. The van der Waals surface area contributed by atoms with E-state index in [1.807, 2.05) is 0 Å². The minimum atomic E-state index is 0.788. The van der Waals surface area contributed by atoms with Gasteiger partial charge in [0.05, 0.1) is 0 Å². The number of nitrogens with one attached hydrogen (secondary N) is 1. The molecule has 1 heterocycles. The van der Waals surface area contributed by atoms with Gasteiger partial charge in [-0.1, -0.05) is 0 Å². The van der Waals surface area contributed by atoms with Crippen LogP contribution in [-0.4, -0.2) is 46.6 Å². The third-order valence-electron chi connectivity index (χ3n) is 1.88. The first-order valence-electron chi connectivity index (χ1n) is 3.49. The summed E-state index contributed by atoms with van der Waals surface area (Å²) in [6, 6.07) is 0.788. The van der Waals surface area contributed by atoms with E-state index in [2.05, 4.69) is 32.8 Å². The molecule has 0 spiro atoms.